The summed E-state index contributed by atoms with van der Waals surface area (Å²) < 4.78 is 0. The monoisotopic (exact) mass is 349 g/mol. The maximum Gasteiger partial charge on any atom is 2.00 e. The molecule has 0 aliphatic rings. The van der Waals surface area contributed by atoms with Crippen LogP contribution in [0.25, 0.3) is 0 Å². The Hall–Kier alpha value is 1.95. The number of halogens is 1. The molecule has 2 radical (unpaired) electrons. The molecule has 4 nitrogen and oxygen atoms in total. The Morgan fingerprint density at radius 2 is 1.25 bits per heavy atom. The number of carbonyl (C=O) groups is 2. The largest absolute Gasteiger partial charge is 2.00 e. The minimum Gasteiger partial charge on any atom is -1.00 e. The molecule has 0 heterocycles. The van der Waals surface area contributed by atoms with Gasteiger partial charge in [0.25, 0.3) is 0 Å². The third-order valence-corrected chi connectivity index (χ3v) is 0. The third kappa shape index (κ3) is 376. The van der Waals surface area contributed by atoms with E-state index in [1.54, 1.807) is 0 Å². The van der Waals surface area contributed by atoms with E-state index in [9.17, 15) is 0 Å². The van der Waals surface area contributed by atoms with Crippen LogP contribution in [-0.2, 0) is 43.4 Å². The summed E-state index contributed by atoms with van der Waals surface area (Å²) in [6, 6.07) is 0. The molecule has 0 aromatic carbocycles. The Kier molecular flexibility index (Phi) is 90.2. The first kappa shape index (κ1) is 37.0. The summed E-state index contributed by atoms with van der Waals surface area (Å²) >= 11 is 0. The van der Waals surface area contributed by atoms with E-state index < -0.39 is 11.9 Å². The average Bonchev–Trinajstić information content (AvgIpc) is 1.25. The van der Waals surface area contributed by atoms with Crippen molar-refractivity contribution in [1.82, 2.24) is 0 Å². The summed E-state index contributed by atoms with van der Waals surface area (Å²) in [7, 11) is 0. The summed E-state index contributed by atoms with van der Waals surface area (Å²) in [6.07, 6.45) is 0. The SMILES string of the molecule is CC(=O)[O-].[Br-].[CH2-]C(=O)[O-].[Co+2].[K+].[Mn]. The van der Waals surface area contributed by atoms with Gasteiger partial charge in [0.1, 0.15) is 0 Å². The summed E-state index contributed by atoms with van der Waals surface area (Å²) in [5.74, 6) is -2.42. The van der Waals surface area contributed by atoms with Crippen LogP contribution < -0.4 is 78.6 Å². The Balaban J connectivity index is -0.0000000112. The molecule has 70 valence electrons. The molecule has 8 heteroatoms. The molecular weight excluding hydrogens is 345 g/mol. The van der Waals surface area contributed by atoms with E-state index >= 15 is 0 Å². The first-order chi connectivity index (χ1) is 3.46. The van der Waals surface area contributed by atoms with Crippen molar-refractivity contribution in [3.05, 3.63) is 6.92 Å². The van der Waals surface area contributed by atoms with Gasteiger partial charge in [-0.3, -0.25) is 0 Å². The van der Waals surface area contributed by atoms with E-state index in [1.165, 1.54) is 0 Å². The molecule has 0 amide bonds. The van der Waals surface area contributed by atoms with Crippen LogP contribution in [0.3, 0.4) is 0 Å². The van der Waals surface area contributed by atoms with Gasteiger partial charge in [-0.15, -0.1) is 5.97 Å². The number of rotatable bonds is 0. The zero-order valence-electron chi connectivity index (χ0n) is 6.43. The van der Waals surface area contributed by atoms with Gasteiger partial charge in [-0.25, -0.2) is 0 Å². The summed E-state index contributed by atoms with van der Waals surface area (Å²) in [5, 5.41) is 17.7. The van der Waals surface area contributed by atoms with Gasteiger partial charge in [-0.1, -0.05) is 0 Å². The van der Waals surface area contributed by atoms with Crippen molar-refractivity contribution in [2.24, 2.45) is 0 Å². The number of hydrogen-bond donors (Lipinski definition) is 0. The summed E-state index contributed by atoms with van der Waals surface area (Å²) in [6.45, 7) is 3.42. The molecule has 0 bridgehead atoms. The first-order valence-corrected chi connectivity index (χ1v) is 1.67. The molecule has 0 spiro atoms. The number of hydrogen-bond acceptors (Lipinski definition) is 4. The van der Waals surface area contributed by atoms with Crippen LogP contribution >= 0.6 is 0 Å². The molecule has 0 aliphatic heterocycles. The Bertz CT molecular complexity index is 85.1. The minimum absolute atomic E-state index is 0. The van der Waals surface area contributed by atoms with E-state index in [0.29, 0.717) is 0 Å². The van der Waals surface area contributed by atoms with Crippen LogP contribution in [0.2, 0.25) is 0 Å². The number of carbonyl (C=O) groups excluding carboxylic acids is 2. The van der Waals surface area contributed by atoms with Gasteiger partial charge in [-0.2, -0.15) is 0 Å². The van der Waals surface area contributed by atoms with Crippen molar-refractivity contribution in [3.8, 4) is 0 Å². The van der Waals surface area contributed by atoms with E-state index in [0.717, 1.165) is 6.92 Å². The third-order valence-electron chi connectivity index (χ3n) is 0. The van der Waals surface area contributed by atoms with E-state index in [4.69, 9.17) is 19.8 Å². The first-order valence-electron chi connectivity index (χ1n) is 1.67. The van der Waals surface area contributed by atoms with Crippen LogP contribution in [-0.4, -0.2) is 11.9 Å². The van der Waals surface area contributed by atoms with Crippen LogP contribution in [0.5, 0.6) is 0 Å². The Labute approximate surface area is 145 Å². The molecular formula is C4H5BrCoKMnO4-. The van der Waals surface area contributed by atoms with Gasteiger partial charge in [0, 0.05) is 23.0 Å². The molecule has 0 saturated carbocycles. The molecule has 0 aromatic heterocycles. The quantitative estimate of drug-likeness (QED) is 0.321. The van der Waals surface area contributed by atoms with Crippen LogP contribution in [0, 0.1) is 6.92 Å². The molecule has 0 rings (SSSR count). The Morgan fingerprint density at radius 3 is 1.25 bits per heavy atom. The van der Waals surface area contributed by atoms with Crippen molar-refractivity contribution < 1.29 is 122 Å². The number of carboxylic acids is 2. The molecule has 0 aliphatic carbocycles. The fraction of sp³-hybridized carbons (Fsp3) is 0.250. The maximum absolute atomic E-state index is 8.89. The molecule has 0 atom stereocenters. The van der Waals surface area contributed by atoms with Crippen LogP contribution in [0.1, 0.15) is 6.92 Å². The zero-order valence-corrected chi connectivity index (χ0v) is 13.4. The zero-order chi connectivity index (χ0) is 7.15. The van der Waals surface area contributed by atoms with Gasteiger partial charge in [0.05, 0.1) is 0 Å². The van der Waals surface area contributed by atoms with Crippen LogP contribution in [0.15, 0.2) is 0 Å². The van der Waals surface area contributed by atoms with Gasteiger partial charge in [0.2, 0.25) is 0 Å². The second kappa shape index (κ2) is 29.3. The molecule has 12 heavy (non-hydrogen) atoms. The second-order valence-corrected chi connectivity index (χ2v) is 0.864. The number of aliphatic carboxylic acids is 2. The maximum atomic E-state index is 8.89. The molecule has 0 N–H and O–H groups in total. The van der Waals surface area contributed by atoms with Crippen molar-refractivity contribution in [3.63, 3.8) is 0 Å². The predicted octanol–water partition coefficient (Wildman–Crippen LogP) is -8.67. The topological polar surface area (TPSA) is 80.3 Å². The fourth-order valence-corrected chi connectivity index (χ4v) is 0. The normalized spacial score (nSPS) is 4.08. The van der Waals surface area contributed by atoms with E-state index in [2.05, 4.69) is 6.92 Å². The van der Waals surface area contributed by atoms with Crippen molar-refractivity contribution in [2.75, 3.05) is 0 Å². The summed E-state index contributed by atoms with van der Waals surface area (Å²) in [5.41, 5.74) is 0. The minimum atomic E-state index is -1.33. The van der Waals surface area contributed by atoms with Crippen molar-refractivity contribution in [1.29, 1.82) is 0 Å². The van der Waals surface area contributed by atoms with Gasteiger partial charge < -0.3 is 43.7 Å². The standard InChI is InChI=1S/C2H4O2.C2H3O2.BrH.Co.K.Mn/c2*1-2(3)4;;;;/h1H3,(H,3,4);1H2,(H,3,4);1H;;;/q;-1;;+2;+1;/p-3. The second-order valence-electron chi connectivity index (χ2n) is 0.864. The van der Waals surface area contributed by atoms with Gasteiger partial charge in [-0.05, 0) is 6.92 Å². The average molecular weight is 350 g/mol. The molecule has 0 unspecified atom stereocenters. The van der Waals surface area contributed by atoms with Crippen molar-refractivity contribution >= 4 is 11.9 Å². The Morgan fingerprint density at radius 1 is 1.25 bits per heavy atom. The predicted molar refractivity (Wildman–Crippen MR) is 21.0 cm³/mol. The fourth-order valence-electron chi connectivity index (χ4n) is 0. The molecule has 0 saturated heterocycles. The van der Waals surface area contributed by atoms with Gasteiger partial charge >= 0.3 is 68.2 Å². The van der Waals surface area contributed by atoms with Gasteiger partial charge in [0.15, 0.2) is 0 Å². The van der Waals surface area contributed by atoms with E-state index in [-0.39, 0.29) is 102 Å². The number of carboxylic acid groups (broad SMARTS) is 2. The van der Waals surface area contributed by atoms with Crippen molar-refractivity contribution in [2.45, 2.75) is 6.92 Å². The molecule has 0 fully saturated rings. The van der Waals surface area contributed by atoms with E-state index in [1.807, 2.05) is 0 Å². The van der Waals surface area contributed by atoms with Crippen LogP contribution in [0.4, 0.5) is 0 Å². The molecule has 0 aromatic rings. The smallest absolute Gasteiger partial charge is 1.00 e. The summed E-state index contributed by atoms with van der Waals surface area (Å²) in [4.78, 5) is 17.7.